The molecule has 0 unspecified atom stereocenters. The molecule has 2 aliphatic rings. The molecule has 0 atom stereocenters. The van der Waals surface area contributed by atoms with Gasteiger partial charge in [0.2, 0.25) is 0 Å². The zero-order valence-corrected chi connectivity index (χ0v) is 17.8. The molecule has 6 nitrogen and oxygen atoms in total. The second-order valence-electron chi connectivity index (χ2n) is 8.22. The Morgan fingerprint density at radius 2 is 2.03 bits per heavy atom. The number of ether oxygens (including phenoxy) is 2. The van der Waals surface area contributed by atoms with E-state index in [-0.39, 0.29) is 12.8 Å². The molecule has 4 N–H and O–H groups in total. The highest BCUT2D eigenvalue weighted by atomic mass is 16.7. The summed E-state index contributed by atoms with van der Waals surface area (Å²) in [7, 11) is 0. The first-order valence-corrected chi connectivity index (χ1v) is 10.5. The molecule has 1 aromatic rings. The van der Waals surface area contributed by atoms with E-state index in [1.165, 1.54) is 0 Å². The van der Waals surface area contributed by atoms with Gasteiger partial charge in [-0.25, -0.2) is 0 Å². The summed E-state index contributed by atoms with van der Waals surface area (Å²) < 4.78 is 11.1. The van der Waals surface area contributed by atoms with Gasteiger partial charge in [-0.15, -0.1) is 6.42 Å². The fourth-order valence-electron chi connectivity index (χ4n) is 4.07. The minimum Gasteiger partial charge on any atom is -0.467 e. The van der Waals surface area contributed by atoms with Gasteiger partial charge in [-0.3, -0.25) is 10.4 Å². The summed E-state index contributed by atoms with van der Waals surface area (Å²) in [6.07, 6.45) is 10.4. The molecule has 1 fully saturated rings. The molecule has 6 heteroatoms. The molecule has 0 saturated heterocycles. The second-order valence-corrected chi connectivity index (χ2v) is 8.22. The molecule has 0 bridgehead atoms. The monoisotopic (exact) mass is 409 g/mol. The van der Waals surface area contributed by atoms with Gasteiger partial charge in [-0.2, -0.15) is 0 Å². The van der Waals surface area contributed by atoms with E-state index >= 15 is 0 Å². The molecule has 3 rings (SSSR count). The number of benzene rings is 1. The SMILES string of the molecule is C#Cc1ccc(C(=N)C2=C(C(N)=NC3CC(C)(O)C3)CCCC2)c(OCOCC)c1. The molecule has 1 saturated carbocycles. The van der Waals surface area contributed by atoms with Crippen LogP contribution < -0.4 is 10.5 Å². The minimum atomic E-state index is -0.642. The summed E-state index contributed by atoms with van der Waals surface area (Å²) in [5, 5.41) is 18.9. The first-order chi connectivity index (χ1) is 14.3. The Labute approximate surface area is 178 Å². The van der Waals surface area contributed by atoms with Gasteiger partial charge in [0.15, 0.2) is 6.79 Å². The van der Waals surface area contributed by atoms with Gasteiger partial charge in [0.05, 0.1) is 17.4 Å². The van der Waals surface area contributed by atoms with E-state index in [0.717, 1.165) is 36.8 Å². The van der Waals surface area contributed by atoms with Crippen molar-refractivity contribution in [3.63, 3.8) is 0 Å². The van der Waals surface area contributed by atoms with Crippen LogP contribution in [0.5, 0.6) is 5.75 Å². The van der Waals surface area contributed by atoms with Crippen LogP contribution >= 0.6 is 0 Å². The van der Waals surface area contributed by atoms with Crippen molar-refractivity contribution in [3.05, 3.63) is 40.5 Å². The van der Waals surface area contributed by atoms with E-state index < -0.39 is 5.60 Å². The number of hydrogen-bond acceptors (Lipinski definition) is 5. The standard InChI is InChI=1S/C24H31N3O3/c1-4-16-10-11-20(21(12-16)30-15-29-5-2)22(25)18-8-6-7-9-19(18)23(26)27-17-13-24(3,28)14-17/h1,10-12,17,25,28H,5-9,13-15H2,2-3H3,(H2,26,27). The Morgan fingerprint density at radius 1 is 1.33 bits per heavy atom. The zero-order valence-electron chi connectivity index (χ0n) is 17.8. The number of amidine groups is 1. The van der Waals surface area contributed by atoms with Crippen LogP contribution in [0.4, 0.5) is 0 Å². The normalized spacial score (nSPS) is 24.2. The Kier molecular flexibility index (Phi) is 6.96. The van der Waals surface area contributed by atoms with Crippen LogP contribution in [0.2, 0.25) is 0 Å². The van der Waals surface area contributed by atoms with Crippen LogP contribution in [-0.4, -0.2) is 41.7 Å². The Balaban J connectivity index is 1.91. The molecular formula is C24H31N3O3. The number of allylic oxidation sites excluding steroid dienone is 1. The van der Waals surface area contributed by atoms with Crippen LogP contribution in [0.3, 0.4) is 0 Å². The molecule has 0 aromatic heterocycles. The molecular weight excluding hydrogens is 378 g/mol. The minimum absolute atomic E-state index is 0.0462. The number of nitrogens with one attached hydrogen (secondary N) is 1. The predicted molar refractivity (Wildman–Crippen MR) is 119 cm³/mol. The van der Waals surface area contributed by atoms with Crippen molar-refractivity contribution in [3.8, 4) is 18.1 Å². The van der Waals surface area contributed by atoms with Gasteiger partial charge in [-0.05, 0) is 81.7 Å². The molecule has 0 amide bonds. The summed E-state index contributed by atoms with van der Waals surface area (Å²) in [4.78, 5) is 4.64. The first kappa shape index (κ1) is 22.1. The fourth-order valence-corrected chi connectivity index (χ4v) is 4.07. The van der Waals surface area contributed by atoms with Gasteiger partial charge in [0, 0.05) is 17.7 Å². The molecule has 30 heavy (non-hydrogen) atoms. The van der Waals surface area contributed by atoms with Crippen molar-refractivity contribution >= 4 is 11.5 Å². The van der Waals surface area contributed by atoms with Crippen LogP contribution in [-0.2, 0) is 4.74 Å². The molecule has 1 aromatic carbocycles. The number of terminal acetylenes is 1. The van der Waals surface area contributed by atoms with Crippen LogP contribution in [0, 0.1) is 17.8 Å². The number of nitrogens with two attached hydrogens (primary N) is 1. The molecule has 160 valence electrons. The van der Waals surface area contributed by atoms with E-state index in [0.29, 0.717) is 47.9 Å². The highest BCUT2D eigenvalue weighted by Gasteiger charge is 2.38. The number of aliphatic hydroxyl groups is 1. The number of nitrogens with zero attached hydrogens (tertiary/aromatic N) is 1. The summed E-state index contributed by atoms with van der Waals surface area (Å²) in [5.41, 5.74) is 9.32. The fraction of sp³-hybridized carbons (Fsp3) is 0.500. The molecule has 0 spiro atoms. The van der Waals surface area contributed by atoms with Crippen LogP contribution in [0.25, 0.3) is 0 Å². The first-order valence-electron chi connectivity index (χ1n) is 10.5. The van der Waals surface area contributed by atoms with Crippen molar-refractivity contribution in [1.82, 2.24) is 0 Å². The average Bonchev–Trinajstić information content (AvgIpc) is 2.72. The van der Waals surface area contributed by atoms with Gasteiger partial charge in [0.1, 0.15) is 11.6 Å². The Hall–Kier alpha value is -2.62. The summed E-state index contributed by atoms with van der Waals surface area (Å²) >= 11 is 0. The summed E-state index contributed by atoms with van der Waals surface area (Å²) in [6.45, 7) is 4.35. The maximum Gasteiger partial charge on any atom is 0.189 e. The van der Waals surface area contributed by atoms with Crippen molar-refractivity contribution in [2.75, 3.05) is 13.4 Å². The number of hydrogen-bond donors (Lipinski definition) is 3. The van der Waals surface area contributed by atoms with E-state index in [1.54, 1.807) is 6.07 Å². The maximum atomic E-state index is 9.96. The number of rotatable bonds is 8. The predicted octanol–water partition coefficient (Wildman–Crippen LogP) is 3.55. The van der Waals surface area contributed by atoms with E-state index in [2.05, 4.69) is 10.9 Å². The zero-order chi connectivity index (χ0) is 21.7. The van der Waals surface area contributed by atoms with E-state index in [9.17, 15) is 5.11 Å². The molecule has 2 aliphatic carbocycles. The van der Waals surface area contributed by atoms with E-state index in [4.69, 9.17) is 27.0 Å². The van der Waals surface area contributed by atoms with Gasteiger partial charge in [0.25, 0.3) is 0 Å². The van der Waals surface area contributed by atoms with Crippen molar-refractivity contribution in [2.24, 2.45) is 10.7 Å². The highest BCUT2D eigenvalue weighted by molar-refractivity contribution is 6.17. The topological polar surface area (TPSA) is 101 Å². The van der Waals surface area contributed by atoms with Crippen LogP contribution in [0.15, 0.2) is 34.3 Å². The van der Waals surface area contributed by atoms with Crippen LogP contribution in [0.1, 0.15) is 63.5 Å². The third kappa shape index (κ3) is 5.10. The Morgan fingerprint density at radius 3 is 2.67 bits per heavy atom. The van der Waals surface area contributed by atoms with Gasteiger partial charge in [-0.1, -0.05) is 5.92 Å². The third-order valence-electron chi connectivity index (χ3n) is 5.67. The molecule has 0 aliphatic heterocycles. The third-order valence-corrected chi connectivity index (χ3v) is 5.67. The maximum absolute atomic E-state index is 9.96. The van der Waals surface area contributed by atoms with Crippen molar-refractivity contribution in [2.45, 2.75) is 64.0 Å². The smallest absolute Gasteiger partial charge is 0.189 e. The number of aliphatic imine (C=N–C) groups is 1. The second kappa shape index (κ2) is 9.46. The van der Waals surface area contributed by atoms with E-state index in [1.807, 2.05) is 26.0 Å². The largest absolute Gasteiger partial charge is 0.467 e. The lowest BCUT2D eigenvalue weighted by Crippen LogP contribution is -2.44. The Bertz CT molecular complexity index is 901. The highest BCUT2D eigenvalue weighted by Crippen LogP contribution is 2.35. The lowest BCUT2D eigenvalue weighted by Gasteiger charge is -2.38. The lowest BCUT2D eigenvalue weighted by molar-refractivity contribution is -0.0280. The summed E-state index contributed by atoms with van der Waals surface area (Å²) in [6, 6.07) is 5.45. The van der Waals surface area contributed by atoms with Crippen molar-refractivity contribution < 1.29 is 14.6 Å². The lowest BCUT2D eigenvalue weighted by atomic mass is 9.77. The van der Waals surface area contributed by atoms with Gasteiger partial charge < -0.3 is 20.3 Å². The van der Waals surface area contributed by atoms with Crippen molar-refractivity contribution in [1.29, 1.82) is 5.41 Å². The quantitative estimate of drug-likeness (QED) is 0.201. The summed E-state index contributed by atoms with van der Waals surface area (Å²) in [5.74, 6) is 3.64. The molecule has 0 heterocycles. The molecule has 0 radical (unpaired) electrons. The van der Waals surface area contributed by atoms with Gasteiger partial charge >= 0.3 is 0 Å². The average molecular weight is 410 g/mol.